The highest BCUT2D eigenvalue weighted by Crippen LogP contribution is 2.38. The summed E-state index contributed by atoms with van der Waals surface area (Å²) in [5, 5.41) is 0. The van der Waals surface area contributed by atoms with E-state index in [2.05, 4.69) is 40.2 Å². The summed E-state index contributed by atoms with van der Waals surface area (Å²) in [6.45, 7) is 5.26. The van der Waals surface area contributed by atoms with Crippen LogP contribution in [0.5, 0.6) is 11.5 Å². The zero-order valence-electron chi connectivity index (χ0n) is 16.7. The van der Waals surface area contributed by atoms with E-state index in [1.807, 2.05) is 31.5 Å². The van der Waals surface area contributed by atoms with Gasteiger partial charge in [0, 0.05) is 36.2 Å². The Bertz CT molecular complexity index is 1000. The van der Waals surface area contributed by atoms with E-state index in [0.717, 1.165) is 41.5 Å². The van der Waals surface area contributed by atoms with Crippen molar-refractivity contribution in [3.05, 3.63) is 71.7 Å². The summed E-state index contributed by atoms with van der Waals surface area (Å²) in [6, 6.07) is 15.2. The van der Waals surface area contributed by atoms with Gasteiger partial charge < -0.3 is 9.47 Å². The second kappa shape index (κ2) is 7.84. The largest absolute Gasteiger partial charge is 0.486 e. The zero-order valence-corrected chi connectivity index (χ0v) is 16.7. The van der Waals surface area contributed by atoms with E-state index >= 15 is 0 Å². The van der Waals surface area contributed by atoms with E-state index < -0.39 is 0 Å². The molecule has 2 aliphatic heterocycles. The van der Waals surface area contributed by atoms with Crippen molar-refractivity contribution >= 4 is 0 Å². The van der Waals surface area contributed by atoms with Gasteiger partial charge in [-0.1, -0.05) is 12.1 Å². The summed E-state index contributed by atoms with van der Waals surface area (Å²) in [5.41, 5.74) is 5.66. The summed E-state index contributed by atoms with van der Waals surface area (Å²) in [6.07, 6.45) is 6.22. The number of ether oxygens (including phenoxy) is 2. The fourth-order valence-electron chi connectivity index (χ4n) is 4.29. The maximum absolute atomic E-state index is 5.78. The second-order valence-electron chi connectivity index (χ2n) is 7.77. The Morgan fingerprint density at radius 2 is 1.90 bits per heavy atom. The molecule has 5 heteroatoms. The maximum atomic E-state index is 5.78. The molecule has 5 nitrogen and oxygen atoms in total. The molecule has 2 aromatic heterocycles. The highest BCUT2D eigenvalue weighted by Gasteiger charge is 2.27. The van der Waals surface area contributed by atoms with Crippen LogP contribution in [0.15, 0.2) is 54.9 Å². The Morgan fingerprint density at radius 3 is 2.72 bits per heavy atom. The minimum absolute atomic E-state index is 0.411. The number of benzene rings is 1. The summed E-state index contributed by atoms with van der Waals surface area (Å²) in [4.78, 5) is 11.5. The van der Waals surface area contributed by atoms with Gasteiger partial charge in [0.2, 0.25) is 0 Å². The predicted octanol–water partition coefficient (Wildman–Crippen LogP) is 4.56. The van der Waals surface area contributed by atoms with Crippen LogP contribution in [-0.2, 0) is 6.54 Å². The molecule has 29 heavy (non-hydrogen) atoms. The fraction of sp³-hybridized carbons (Fsp3) is 0.333. The van der Waals surface area contributed by atoms with Crippen LogP contribution in [0.2, 0.25) is 0 Å². The predicted molar refractivity (Wildman–Crippen MR) is 112 cm³/mol. The quantitative estimate of drug-likeness (QED) is 0.657. The number of hydrogen-bond donors (Lipinski definition) is 0. The molecule has 3 aromatic rings. The molecular weight excluding hydrogens is 362 g/mol. The van der Waals surface area contributed by atoms with Crippen LogP contribution < -0.4 is 9.47 Å². The standard InChI is InChI=1S/C24H25N3O2/c1-17-13-19(8-9-25-17)21-6-4-18(15-26-21)16-27-10-2-3-22(27)20-5-7-23-24(14-20)29-12-11-28-23/h4-9,13-15,22H,2-3,10-12,16H2,1H3/t22-/m0/s1. The molecule has 0 amide bonds. The van der Waals surface area contributed by atoms with Crippen molar-refractivity contribution in [3.63, 3.8) is 0 Å². The topological polar surface area (TPSA) is 47.5 Å². The van der Waals surface area contributed by atoms with Crippen molar-refractivity contribution < 1.29 is 9.47 Å². The summed E-state index contributed by atoms with van der Waals surface area (Å²) >= 11 is 0. The molecule has 4 heterocycles. The molecule has 1 fully saturated rings. The lowest BCUT2D eigenvalue weighted by atomic mass is 10.0. The molecule has 0 bridgehead atoms. The average molecular weight is 387 g/mol. The fourth-order valence-corrected chi connectivity index (χ4v) is 4.29. The third kappa shape index (κ3) is 3.83. The number of fused-ring (bicyclic) bond motifs is 1. The Labute approximate surface area is 171 Å². The monoisotopic (exact) mass is 387 g/mol. The van der Waals surface area contributed by atoms with E-state index in [0.29, 0.717) is 19.3 Å². The molecule has 0 N–H and O–H groups in total. The van der Waals surface area contributed by atoms with Crippen molar-refractivity contribution in [2.24, 2.45) is 0 Å². The Balaban J connectivity index is 1.32. The number of pyridine rings is 2. The van der Waals surface area contributed by atoms with Crippen molar-refractivity contribution in [1.29, 1.82) is 0 Å². The van der Waals surface area contributed by atoms with Gasteiger partial charge in [0.05, 0.1) is 5.69 Å². The molecule has 1 atom stereocenters. The second-order valence-corrected chi connectivity index (χ2v) is 7.77. The van der Waals surface area contributed by atoms with E-state index in [4.69, 9.17) is 14.5 Å². The van der Waals surface area contributed by atoms with Gasteiger partial charge in [-0.15, -0.1) is 0 Å². The van der Waals surface area contributed by atoms with Gasteiger partial charge in [0.25, 0.3) is 0 Å². The normalized spacial score (nSPS) is 18.7. The van der Waals surface area contributed by atoms with Crippen molar-refractivity contribution in [3.8, 4) is 22.8 Å². The molecule has 5 rings (SSSR count). The Morgan fingerprint density at radius 1 is 1.00 bits per heavy atom. The van der Waals surface area contributed by atoms with Crippen molar-refractivity contribution in [2.75, 3.05) is 19.8 Å². The lowest BCUT2D eigenvalue weighted by Gasteiger charge is -2.26. The molecule has 0 radical (unpaired) electrons. The molecular formula is C24H25N3O2. The van der Waals surface area contributed by atoms with Crippen LogP contribution in [0.25, 0.3) is 11.3 Å². The molecule has 0 unspecified atom stereocenters. The molecule has 0 spiro atoms. The van der Waals surface area contributed by atoms with Gasteiger partial charge in [-0.3, -0.25) is 14.9 Å². The molecule has 148 valence electrons. The summed E-state index contributed by atoms with van der Waals surface area (Å²) in [7, 11) is 0. The first kappa shape index (κ1) is 18.1. The van der Waals surface area contributed by atoms with Crippen molar-refractivity contribution in [1.82, 2.24) is 14.9 Å². The van der Waals surface area contributed by atoms with Crippen LogP contribution in [0.4, 0.5) is 0 Å². The number of nitrogens with zero attached hydrogens (tertiary/aromatic N) is 3. The third-order valence-electron chi connectivity index (χ3n) is 5.72. The maximum Gasteiger partial charge on any atom is 0.161 e. The van der Waals surface area contributed by atoms with Gasteiger partial charge >= 0.3 is 0 Å². The van der Waals surface area contributed by atoms with Crippen molar-refractivity contribution in [2.45, 2.75) is 32.4 Å². The Hall–Kier alpha value is -2.92. The van der Waals surface area contributed by atoms with Gasteiger partial charge in [-0.25, -0.2) is 0 Å². The lowest BCUT2D eigenvalue weighted by Crippen LogP contribution is -2.23. The summed E-state index contributed by atoms with van der Waals surface area (Å²) < 4.78 is 11.5. The van der Waals surface area contributed by atoms with Crippen LogP contribution in [0.1, 0.15) is 35.7 Å². The summed E-state index contributed by atoms with van der Waals surface area (Å²) in [5.74, 6) is 1.73. The van der Waals surface area contributed by atoms with Crippen LogP contribution in [0.3, 0.4) is 0 Å². The number of likely N-dealkylation sites (tertiary alicyclic amines) is 1. The molecule has 0 saturated carbocycles. The van der Waals surface area contributed by atoms with Gasteiger partial charge in [0.1, 0.15) is 13.2 Å². The lowest BCUT2D eigenvalue weighted by molar-refractivity contribution is 0.170. The van der Waals surface area contributed by atoms with Gasteiger partial charge in [-0.05, 0) is 67.8 Å². The average Bonchev–Trinajstić information content (AvgIpc) is 3.22. The Kier molecular flexibility index (Phi) is 4.90. The minimum atomic E-state index is 0.411. The number of aryl methyl sites for hydroxylation is 1. The first-order valence-electron chi connectivity index (χ1n) is 10.3. The minimum Gasteiger partial charge on any atom is -0.486 e. The number of rotatable bonds is 4. The molecule has 1 aromatic carbocycles. The molecule has 0 aliphatic carbocycles. The third-order valence-corrected chi connectivity index (χ3v) is 5.72. The van der Waals surface area contributed by atoms with Gasteiger partial charge in [-0.2, -0.15) is 0 Å². The van der Waals surface area contributed by atoms with E-state index in [9.17, 15) is 0 Å². The van der Waals surface area contributed by atoms with Crippen LogP contribution >= 0.6 is 0 Å². The van der Waals surface area contributed by atoms with Crippen LogP contribution in [-0.4, -0.2) is 34.6 Å². The molecule has 1 saturated heterocycles. The highest BCUT2D eigenvalue weighted by molar-refractivity contribution is 5.58. The number of hydrogen-bond acceptors (Lipinski definition) is 5. The zero-order chi connectivity index (χ0) is 19.6. The smallest absolute Gasteiger partial charge is 0.161 e. The first-order chi connectivity index (χ1) is 14.3. The number of aromatic nitrogens is 2. The SMILES string of the molecule is Cc1cc(-c2ccc(CN3CCC[C@H]3c3ccc4c(c3)OCCO4)cn2)ccn1. The van der Waals surface area contributed by atoms with E-state index in [1.54, 1.807) is 0 Å². The first-order valence-corrected chi connectivity index (χ1v) is 10.3. The van der Waals surface area contributed by atoms with Gasteiger partial charge in [0.15, 0.2) is 11.5 Å². The van der Waals surface area contributed by atoms with Crippen LogP contribution in [0, 0.1) is 6.92 Å². The highest BCUT2D eigenvalue weighted by atomic mass is 16.6. The van der Waals surface area contributed by atoms with E-state index in [1.165, 1.54) is 24.0 Å². The van der Waals surface area contributed by atoms with E-state index in [-0.39, 0.29) is 0 Å². The molecule has 2 aliphatic rings.